The maximum absolute atomic E-state index is 6.47. The van der Waals surface area contributed by atoms with Crippen LogP contribution in [-0.2, 0) is 21.8 Å². The Labute approximate surface area is 171 Å². The lowest BCUT2D eigenvalue weighted by atomic mass is 10.1. The number of nitrogens with zero attached hydrogens (tertiary/aromatic N) is 3. The fourth-order valence-corrected chi connectivity index (χ4v) is 4.05. The molecule has 0 aliphatic carbocycles. The largest absolute Gasteiger partial charge is 0.342 e. The summed E-state index contributed by atoms with van der Waals surface area (Å²) in [6.45, 7) is 3.17. The van der Waals surface area contributed by atoms with Gasteiger partial charge in [0.05, 0.1) is 17.7 Å². The fraction of sp³-hybridized carbons (Fsp3) is 0.600. The van der Waals surface area contributed by atoms with Gasteiger partial charge in [-0.3, -0.25) is 0 Å². The van der Waals surface area contributed by atoms with Crippen LogP contribution in [0.2, 0.25) is 10.0 Å². The minimum absolute atomic E-state index is 0.0476. The Morgan fingerprint density at radius 3 is 2.74 bits per heavy atom. The van der Waals surface area contributed by atoms with Gasteiger partial charge in [-0.15, -0.1) is 0 Å². The summed E-state index contributed by atoms with van der Waals surface area (Å²) in [6.07, 6.45) is 11.7. The molecule has 1 aliphatic heterocycles. The molecule has 2 unspecified atom stereocenters. The lowest BCUT2D eigenvalue weighted by Gasteiger charge is -2.29. The number of ether oxygens (including phenoxy) is 2. The monoisotopic (exact) mass is 411 g/mol. The highest BCUT2D eigenvalue weighted by atomic mass is 35.5. The van der Waals surface area contributed by atoms with Gasteiger partial charge in [0.2, 0.25) is 5.79 Å². The first kappa shape index (κ1) is 20.6. The average Bonchev–Trinajstić information content (AvgIpc) is 3.29. The standard InChI is InChI=1S/C20H27Cl2N3O2/c1-2-3-4-5-6-7-8-17-12-26-20(27-17,13-25-15-23-14-24-25)18-10-9-16(21)11-19(18)22/h9-11,14-15,17H,2-8,12-13H2,1H3. The topological polar surface area (TPSA) is 49.2 Å². The van der Waals surface area contributed by atoms with Crippen molar-refractivity contribution in [1.82, 2.24) is 14.8 Å². The third-order valence-electron chi connectivity index (χ3n) is 4.92. The Bertz CT molecular complexity index is 711. The van der Waals surface area contributed by atoms with Crippen LogP contribution in [0.25, 0.3) is 0 Å². The molecule has 1 aromatic heterocycles. The summed E-state index contributed by atoms with van der Waals surface area (Å²) >= 11 is 12.5. The van der Waals surface area contributed by atoms with E-state index in [1.54, 1.807) is 23.1 Å². The predicted molar refractivity (Wildman–Crippen MR) is 107 cm³/mol. The first-order valence-corrected chi connectivity index (χ1v) is 10.5. The van der Waals surface area contributed by atoms with Crippen LogP contribution in [0.1, 0.15) is 57.4 Å². The summed E-state index contributed by atoms with van der Waals surface area (Å²) in [4.78, 5) is 4.02. The van der Waals surface area contributed by atoms with Gasteiger partial charge in [0.25, 0.3) is 0 Å². The van der Waals surface area contributed by atoms with Gasteiger partial charge in [-0.25, -0.2) is 9.67 Å². The number of halogens is 2. The number of rotatable bonds is 10. The number of hydrogen-bond donors (Lipinski definition) is 0. The molecule has 2 atom stereocenters. The molecule has 0 bridgehead atoms. The second-order valence-electron chi connectivity index (χ2n) is 7.08. The van der Waals surface area contributed by atoms with Gasteiger partial charge >= 0.3 is 0 Å². The number of benzene rings is 1. The zero-order chi connectivity index (χ0) is 19.1. The van der Waals surface area contributed by atoms with Crippen molar-refractivity contribution in [3.05, 3.63) is 46.5 Å². The van der Waals surface area contributed by atoms with Crippen LogP contribution in [0.3, 0.4) is 0 Å². The van der Waals surface area contributed by atoms with Gasteiger partial charge in [-0.1, -0.05) is 74.7 Å². The summed E-state index contributed by atoms with van der Waals surface area (Å²) in [5.41, 5.74) is 0.773. The van der Waals surface area contributed by atoms with E-state index in [4.69, 9.17) is 32.7 Å². The molecule has 7 heteroatoms. The Morgan fingerprint density at radius 1 is 1.19 bits per heavy atom. The molecule has 0 N–H and O–H groups in total. The van der Waals surface area contributed by atoms with Crippen molar-refractivity contribution in [2.24, 2.45) is 0 Å². The van der Waals surface area contributed by atoms with E-state index in [0.29, 0.717) is 23.2 Å². The van der Waals surface area contributed by atoms with Crippen LogP contribution in [0.15, 0.2) is 30.9 Å². The molecule has 1 aromatic carbocycles. The molecule has 0 amide bonds. The Kier molecular flexibility index (Phi) is 7.53. The van der Waals surface area contributed by atoms with Gasteiger partial charge < -0.3 is 9.47 Å². The highest BCUT2D eigenvalue weighted by Crippen LogP contribution is 2.41. The van der Waals surface area contributed by atoms with Crippen molar-refractivity contribution < 1.29 is 9.47 Å². The lowest BCUT2D eigenvalue weighted by Crippen LogP contribution is -2.34. The molecular weight excluding hydrogens is 385 g/mol. The first-order valence-electron chi connectivity index (χ1n) is 9.72. The van der Waals surface area contributed by atoms with E-state index in [1.165, 1.54) is 38.4 Å². The highest BCUT2D eigenvalue weighted by Gasteiger charge is 2.45. The molecule has 0 radical (unpaired) electrons. The molecular formula is C20H27Cl2N3O2. The van der Waals surface area contributed by atoms with E-state index >= 15 is 0 Å². The maximum atomic E-state index is 6.47. The lowest BCUT2D eigenvalue weighted by molar-refractivity contribution is -0.189. The third-order valence-corrected chi connectivity index (χ3v) is 5.47. The van der Waals surface area contributed by atoms with Crippen molar-refractivity contribution in [2.75, 3.05) is 6.61 Å². The minimum atomic E-state index is -0.970. The van der Waals surface area contributed by atoms with E-state index in [1.807, 2.05) is 6.07 Å². The molecule has 3 rings (SSSR count). The summed E-state index contributed by atoms with van der Waals surface area (Å²) in [7, 11) is 0. The van der Waals surface area contributed by atoms with Crippen molar-refractivity contribution in [3.8, 4) is 0 Å². The van der Waals surface area contributed by atoms with E-state index < -0.39 is 5.79 Å². The van der Waals surface area contributed by atoms with Crippen LogP contribution in [0, 0.1) is 0 Å². The van der Waals surface area contributed by atoms with E-state index in [2.05, 4.69) is 17.0 Å². The highest BCUT2D eigenvalue weighted by molar-refractivity contribution is 6.35. The molecule has 2 aromatic rings. The van der Waals surface area contributed by atoms with E-state index in [0.717, 1.165) is 18.4 Å². The molecule has 148 valence electrons. The van der Waals surface area contributed by atoms with Gasteiger partial charge in [-0.05, 0) is 18.6 Å². The third kappa shape index (κ3) is 5.44. The predicted octanol–water partition coefficient (Wildman–Crippen LogP) is 5.60. The van der Waals surface area contributed by atoms with E-state index in [9.17, 15) is 0 Å². The van der Waals surface area contributed by atoms with Gasteiger partial charge in [-0.2, -0.15) is 5.10 Å². The van der Waals surface area contributed by atoms with Crippen LogP contribution in [0.4, 0.5) is 0 Å². The maximum Gasteiger partial charge on any atom is 0.217 e. The Morgan fingerprint density at radius 2 is 2.00 bits per heavy atom. The van der Waals surface area contributed by atoms with Crippen LogP contribution in [0.5, 0.6) is 0 Å². The van der Waals surface area contributed by atoms with Gasteiger partial charge in [0.15, 0.2) is 0 Å². The zero-order valence-corrected chi connectivity index (χ0v) is 17.3. The van der Waals surface area contributed by atoms with Gasteiger partial charge in [0, 0.05) is 10.6 Å². The smallest absolute Gasteiger partial charge is 0.217 e. The van der Waals surface area contributed by atoms with Crippen molar-refractivity contribution >= 4 is 23.2 Å². The number of hydrogen-bond acceptors (Lipinski definition) is 4. The second kappa shape index (κ2) is 9.87. The summed E-state index contributed by atoms with van der Waals surface area (Å²) in [6, 6.07) is 5.39. The van der Waals surface area contributed by atoms with Gasteiger partial charge in [0.1, 0.15) is 19.2 Å². The fourth-order valence-electron chi connectivity index (χ4n) is 3.49. The van der Waals surface area contributed by atoms with Crippen molar-refractivity contribution in [2.45, 2.75) is 70.3 Å². The first-order chi connectivity index (χ1) is 13.1. The molecule has 5 nitrogen and oxygen atoms in total. The molecule has 27 heavy (non-hydrogen) atoms. The van der Waals surface area contributed by atoms with Crippen LogP contribution >= 0.6 is 23.2 Å². The molecule has 0 spiro atoms. The summed E-state index contributed by atoms with van der Waals surface area (Å²) in [5.74, 6) is -0.970. The molecule has 1 fully saturated rings. The van der Waals surface area contributed by atoms with E-state index in [-0.39, 0.29) is 6.10 Å². The minimum Gasteiger partial charge on any atom is -0.342 e. The van der Waals surface area contributed by atoms with Crippen LogP contribution < -0.4 is 0 Å². The quantitative estimate of drug-likeness (QED) is 0.477. The number of unbranched alkanes of at least 4 members (excludes halogenated alkanes) is 5. The SMILES string of the molecule is CCCCCCCCC1COC(Cn2cncn2)(c2ccc(Cl)cc2Cl)O1. The molecule has 1 aliphatic rings. The van der Waals surface area contributed by atoms with Crippen molar-refractivity contribution in [1.29, 1.82) is 0 Å². The Balaban J connectivity index is 1.67. The average molecular weight is 412 g/mol. The van der Waals surface area contributed by atoms with Crippen molar-refractivity contribution in [3.63, 3.8) is 0 Å². The Hall–Kier alpha value is -1.14. The zero-order valence-electron chi connectivity index (χ0n) is 15.7. The number of aromatic nitrogens is 3. The molecule has 2 heterocycles. The normalized spacial score (nSPS) is 22.4. The molecule has 1 saturated heterocycles. The summed E-state index contributed by atoms with van der Waals surface area (Å²) in [5, 5.41) is 5.32. The molecule has 0 saturated carbocycles. The summed E-state index contributed by atoms with van der Waals surface area (Å²) < 4.78 is 14.3. The second-order valence-corrected chi connectivity index (χ2v) is 7.92. The van der Waals surface area contributed by atoms with Crippen LogP contribution in [-0.4, -0.2) is 27.5 Å².